The number of methoxy groups -OCH3 is 1. The summed E-state index contributed by atoms with van der Waals surface area (Å²) < 4.78 is 31.5. The lowest BCUT2D eigenvalue weighted by Gasteiger charge is -2.27. The first-order chi connectivity index (χ1) is 11.4. The Morgan fingerprint density at radius 1 is 1.29 bits per heavy atom. The number of carbonyl (C=O) groups is 1. The predicted octanol–water partition coefficient (Wildman–Crippen LogP) is 0.934. The number of amides is 1. The third-order valence-corrected chi connectivity index (χ3v) is 6.04. The first-order valence-corrected chi connectivity index (χ1v) is 9.40. The summed E-state index contributed by atoms with van der Waals surface area (Å²) in [6.45, 7) is 1.06. The maximum absolute atomic E-state index is 12.7. The van der Waals surface area contributed by atoms with Gasteiger partial charge in [-0.3, -0.25) is 4.79 Å². The van der Waals surface area contributed by atoms with Crippen molar-refractivity contribution in [2.24, 2.45) is 0 Å². The number of carbonyl (C=O) groups excluding carboxylic acids is 1. The zero-order chi connectivity index (χ0) is 17.7. The first kappa shape index (κ1) is 18.7. The minimum atomic E-state index is -3.85. The molecule has 1 amide bonds. The van der Waals surface area contributed by atoms with Crippen molar-refractivity contribution < 1.29 is 23.1 Å². The van der Waals surface area contributed by atoms with Gasteiger partial charge in [0.1, 0.15) is 10.6 Å². The van der Waals surface area contributed by atoms with Gasteiger partial charge < -0.3 is 14.7 Å². The highest BCUT2D eigenvalue weighted by Gasteiger charge is 2.27. The van der Waals surface area contributed by atoms with E-state index in [-0.39, 0.29) is 29.7 Å². The number of benzene rings is 1. The van der Waals surface area contributed by atoms with Crippen LogP contribution in [0.1, 0.15) is 29.6 Å². The average Bonchev–Trinajstić information content (AvgIpc) is 2.61. The third kappa shape index (κ3) is 3.88. The molecule has 1 aliphatic heterocycles. The van der Waals surface area contributed by atoms with E-state index in [9.17, 15) is 13.2 Å². The first-order valence-electron chi connectivity index (χ1n) is 7.96. The van der Waals surface area contributed by atoms with Crippen LogP contribution in [0, 0.1) is 0 Å². The van der Waals surface area contributed by atoms with Gasteiger partial charge in [0.2, 0.25) is 10.0 Å². The van der Waals surface area contributed by atoms with Gasteiger partial charge in [-0.05, 0) is 37.5 Å². The predicted molar refractivity (Wildman–Crippen MR) is 89.7 cm³/mol. The molecule has 1 N–H and O–H groups in total. The lowest BCUT2D eigenvalue weighted by molar-refractivity contribution is 0.0724. The van der Waals surface area contributed by atoms with Crippen LogP contribution in [-0.2, 0) is 10.0 Å². The van der Waals surface area contributed by atoms with Gasteiger partial charge in [0.25, 0.3) is 5.91 Å². The Kier molecular flexibility index (Phi) is 6.20. The molecule has 24 heavy (non-hydrogen) atoms. The van der Waals surface area contributed by atoms with Gasteiger partial charge in [-0.1, -0.05) is 0 Å². The van der Waals surface area contributed by atoms with Crippen LogP contribution in [0.5, 0.6) is 5.75 Å². The summed E-state index contributed by atoms with van der Waals surface area (Å²) in [4.78, 5) is 14.3. The van der Waals surface area contributed by atoms with Crippen LogP contribution in [0.4, 0.5) is 0 Å². The quantitative estimate of drug-likeness (QED) is 0.819. The van der Waals surface area contributed by atoms with Crippen molar-refractivity contribution in [3.05, 3.63) is 23.8 Å². The molecule has 0 radical (unpaired) electrons. The summed E-state index contributed by atoms with van der Waals surface area (Å²) in [5.41, 5.74) is 0.327. The molecule has 0 aromatic heterocycles. The molecule has 0 atom stereocenters. The number of aliphatic hydroxyl groups excluding tert-OH is 1. The summed E-state index contributed by atoms with van der Waals surface area (Å²) in [6, 6.07) is 4.44. The largest absolute Gasteiger partial charge is 0.495 e. The molecule has 2 rings (SSSR count). The van der Waals surface area contributed by atoms with Crippen LogP contribution in [0.15, 0.2) is 23.1 Å². The van der Waals surface area contributed by atoms with Crippen LogP contribution in [-0.4, -0.2) is 69.0 Å². The van der Waals surface area contributed by atoms with Crippen molar-refractivity contribution in [2.75, 3.05) is 40.4 Å². The highest BCUT2D eigenvalue weighted by atomic mass is 32.2. The van der Waals surface area contributed by atoms with Gasteiger partial charge in [0, 0.05) is 32.2 Å². The Balaban J connectivity index is 2.38. The molecule has 1 aromatic rings. The Morgan fingerprint density at radius 2 is 1.96 bits per heavy atom. The van der Waals surface area contributed by atoms with Gasteiger partial charge >= 0.3 is 0 Å². The molecule has 1 aromatic carbocycles. The van der Waals surface area contributed by atoms with E-state index < -0.39 is 10.0 Å². The van der Waals surface area contributed by atoms with E-state index >= 15 is 0 Å². The minimum Gasteiger partial charge on any atom is -0.495 e. The van der Waals surface area contributed by atoms with Crippen LogP contribution >= 0.6 is 0 Å². The number of piperidine rings is 1. The van der Waals surface area contributed by atoms with Crippen molar-refractivity contribution >= 4 is 15.9 Å². The summed E-state index contributed by atoms with van der Waals surface area (Å²) in [6.07, 6.45) is 3.04. The second-order valence-corrected chi connectivity index (χ2v) is 7.78. The van der Waals surface area contributed by atoms with Gasteiger partial charge in [0.05, 0.1) is 13.7 Å². The Bertz CT molecular complexity index is 684. The minimum absolute atomic E-state index is 0.0320. The van der Waals surface area contributed by atoms with E-state index in [4.69, 9.17) is 9.84 Å². The zero-order valence-corrected chi connectivity index (χ0v) is 14.9. The summed E-state index contributed by atoms with van der Waals surface area (Å²) in [5, 5.41) is 8.99. The van der Waals surface area contributed by atoms with E-state index in [2.05, 4.69) is 0 Å². The van der Waals surface area contributed by atoms with Crippen LogP contribution in [0.2, 0.25) is 0 Å². The van der Waals surface area contributed by atoms with Crippen LogP contribution < -0.4 is 4.74 Å². The number of rotatable bonds is 6. The molecular weight excluding hydrogens is 332 g/mol. The molecule has 1 fully saturated rings. The van der Waals surface area contributed by atoms with Gasteiger partial charge in [-0.2, -0.15) is 4.31 Å². The summed E-state index contributed by atoms with van der Waals surface area (Å²) in [5.74, 6) is 0.00796. The monoisotopic (exact) mass is 356 g/mol. The molecule has 0 spiro atoms. The maximum atomic E-state index is 12.7. The van der Waals surface area contributed by atoms with Crippen molar-refractivity contribution in [3.8, 4) is 5.75 Å². The fraction of sp³-hybridized carbons (Fsp3) is 0.562. The fourth-order valence-electron chi connectivity index (χ4n) is 2.72. The number of hydrogen-bond donors (Lipinski definition) is 1. The molecule has 0 saturated carbocycles. The number of hydrogen-bond acceptors (Lipinski definition) is 5. The SMILES string of the molecule is COc1ccc(C(=O)N2CCCCC2)cc1S(=O)(=O)N(C)CCO. The normalized spacial score (nSPS) is 15.6. The zero-order valence-electron chi connectivity index (χ0n) is 14.1. The van der Waals surface area contributed by atoms with Crippen LogP contribution in [0.25, 0.3) is 0 Å². The molecule has 7 nitrogen and oxygen atoms in total. The smallest absolute Gasteiger partial charge is 0.253 e. The molecule has 0 unspecified atom stereocenters. The molecular formula is C16H24N2O5S. The second-order valence-electron chi connectivity index (χ2n) is 5.77. The maximum Gasteiger partial charge on any atom is 0.253 e. The highest BCUT2D eigenvalue weighted by Crippen LogP contribution is 2.28. The molecule has 1 aliphatic rings. The van der Waals surface area contributed by atoms with Crippen molar-refractivity contribution in [3.63, 3.8) is 0 Å². The van der Waals surface area contributed by atoms with E-state index in [0.29, 0.717) is 18.7 Å². The van der Waals surface area contributed by atoms with Crippen molar-refractivity contribution in [1.82, 2.24) is 9.21 Å². The Morgan fingerprint density at radius 3 is 2.54 bits per heavy atom. The standard InChI is InChI=1S/C16H24N2O5S/c1-17(10-11-19)24(21,22)15-12-13(6-7-14(15)23-2)16(20)18-8-4-3-5-9-18/h6-7,12,19H,3-5,8-11H2,1-2H3. The lowest BCUT2D eigenvalue weighted by Crippen LogP contribution is -2.36. The number of sulfonamides is 1. The molecule has 0 bridgehead atoms. The average molecular weight is 356 g/mol. The highest BCUT2D eigenvalue weighted by molar-refractivity contribution is 7.89. The molecule has 1 heterocycles. The molecule has 1 saturated heterocycles. The van der Waals surface area contributed by atoms with Gasteiger partial charge in [0.15, 0.2) is 0 Å². The molecule has 134 valence electrons. The Hall–Kier alpha value is -1.64. The van der Waals surface area contributed by atoms with E-state index in [1.54, 1.807) is 11.0 Å². The number of nitrogens with zero attached hydrogens (tertiary/aromatic N) is 2. The van der Waals surface area contributed by atoms with Crippen molar-refractivity contribution in [1.29, 1.82) is 0 Å². The van der Waals surface area contributed by atoms with E-state index in [1.165, 1.54) is 26.3 Å². The molecule has 8 heteroatoms. The van der Waals surface area contributed by atoms with E-state index in [0.717, 1.165) is 23.6 Å². The van der Waals surface area contributed by atoms with E-state index in [1.807, 2.05) is 0 Å². The third-order valence-electron chi connectivity index (χ3n) is 4.16. The second kappa shape index (κ2) is 7.96. The summed E-state index contributed by atoms with van der Waals surface area (Å²) in [7, 11) is -1.09. The number of likely N-dealkylation sites (tertiary alicyclic amines) is 1. The van der Waals surface area contributed by atoms with Crippen molar-refractivity contribution in [2.45, 2.75) is 24.2 Å². The number of ether oxygens (including phenoxy) is 1. The summed E-state index contributed by atoms with van der Waals surface area (Å²) >= 11 is 0. The number of aliphatic hydroxyl groups is 1. The van der Waals surface area contributed by atoms with Gasteiger partial charge in [-0.25, -0.2) is 8.42 Å². The Labute approximate surface area is 142 Å². The fourth-order valence-corrected chi connectivity index (χ4v) is 4.06. The van der Waals surface area contributed by atoms with Gasteiger partial charge in [-0.15, -0.1) is 0 Å². The number of likely N-dealkylation sites (N-methyl/N-ethyl adjacent to an activating group) is 1. The lowest BCUT2D eigenvalue weighted by atomic mass is 10.1. The topological polar surface area (TPSA) is 87.2 Å². The van der Waals surface area contributed by atoms with Crippen LogP contribution in [0.3, 0.4) is 0 Å². The molecule has 0 aliphatic carbocycles.